The highest BCUT2D eigenvalue weighted by molar-refractivity contribution is 5.60. The van der Waals surface area contributed by atoms with Crippen LogP contribution in [0.15, 0.2) is 35.1 Å². The molecule has 2 aromatic heterocycles. The Morgan fingerprint density at radius 2 is 1.40 bits per heavy atom. The molecule has 3 rings (SSSR count). The van der Waals surface area contributed by atoms with Crippen molar-refractivity contribution in [1.29, 1.82) is 0 Å². The van der Waals surface area contributed by atoms with Crippen LogP contribution in [0.5, 0.6) is 0 Å². The lowest BCUT2D eigenvalue weighted by molar-refractivity contribution is 0.546. The van der Waals surface area contributed by atoms with Crippen molar-refractivity contribution in [3.05, 3.63) is 46.2 Å². The van der Waals surface area contributed by atoms with E-state index in [4.69, 9.17) is 4.98 Å². The fraction of sp³-hybridized carbons (Fsp3) is 0.621. The van der Waals surface area contributed by atoms with Crippen LogP contribution < -0.4 is 10.9 Å². The number of benzene rings is 1. The van der Waals surface area contributed by atoms with Crippen LogP contribution >= 0.6 is 0 Å². The molecule has 1 aromatic carbocycles. The standard InChI is InChI=1S/C29H45N5O/c1-5-6-7-8-9-10-11-12-13-14-15-16-21-30-28-32-27(31-25-22-26(35)33-34(25)28)23-17-19-24(20-18-23)29(2,3)4/h17-20,22H,5-16,21H2,1-4H3,(H,33,35)(H,30,31,32). The zero-order valence-corrected chi connectivity index (χ0v) is 22.3. The lowest BCUT2D eigenvalue weighted by atomic mass is 9.87. The van der Waals surface area contributed by atoms with Crippen molar-refractivity contribution >= 4 is 11.6 Å². The van der Waals surface area contributed by atoms with Crippen molar-refractivity contribution in [1.82, 2.24) is 19.6 Å². The third kappa shape index (κ3) is 8.52. The molecule has 0 fully saturated rings. The molecule has 0 saturated carbocycles. The number of fused-ring (bicyclic) bond motifs is 1. The van der Waals surface area contributed by atoms with Gasteiger partial charge >= 0.3 is 0 Å². The Kier molecular flexibility index (Phi) is 10.4. The molecule has 0 bridgehead atoms. The zero-order valence-electron chi connectivity index (χ0n) is 22.3. The van der Waals surface area contributed by atoms with E-state index in [0.717, 1.165) is 18.5 Å². The summed E-state index contributed by atoms with van der Waals surface area (Å²) in [5, 5.41) is 6.23. The predicted molar refractivity (Wildman–Crippen MR) is 147 cm³/mol. The number of aromatic nitrogens is 4. The van der Waals surface area contributed by atoms with Crippen LogP contribution in [0.1, 0.15) is 110 Å². The van der Waals surface area contributed by atoms with Crippen molar-refractivity contribution in [2.45, 2.75) is 110 Å². The molecule has 0 aliphatic carbocycles. The maximum Gasteiger partial charge on any atom is 0.266 e. The molecule has 2 heterocycles. The molecule has 6 heteroatoms. The number of rotatable bonds is 15. The molecule has 2 N–H and O–H groups in total. The number of H-pyrrole nitrogens is 1. The first-order valence-corrected chi connectivity index (χ1v) is 13.7. The Hall–Kier alpha value is -2.63. The van der Waals surface area contributed by atoms with Crippen molar-refractivity contribution in [2.75, 3.05) is 11.9 Å². The lowest BCUT2D eigenvalue weighted by Gasteiger charge is -2.19. The first kappa shape index (κ1) is 27.0. The minimum atomic E-state index is -0.173. The Morgan fingerprint density at radius 1 is 0.829 bits per heavy atom. The molecule has 0 atom stereocenters. The van der Waals surface area contributed by atoms with Gasteiger partial charge in [0.15, 0.2) is 11.5 Å². The number of hydrogen-bond acceptors (Lipinski definition) is 4. The van der Waals surface area contributed by atoms with Crippen LogP contribution in [0.2, 0.25) is 0 Å². The van der Waals surface area contributed by atoms with E-state index >= 15 is 0 Å². The molecule has 35 heavy (non-hydrogen) atoms. The minimum absolute atomic E-state index is 0.0955. The summed E-state index contributed by atoms with van der Waals surface area (Å²) in [4.78, 5) is 21.3. The van der Waals surface area contributed by atoms with Gasteiger partial charge < -0.3 is 5.32 Å². The van der Waals surface area contributed by atoms with E-state index in [1.54, 1.807) is 4.52 Å². The highest BCUT2D eigenvalue weighted by Gasteiger charge is 2.15. The summed E-state index contributed by atoms with van der Waals surface area (Å²) in [5.74, 6) is 1.26. The van der Waals surface area contributed by atoms with E-state index in [0.29, 0.717) is 17.4 Å². The molecule has 0 radical (unpaired) electrons. The van der Waals surface area contributed by atoms with Crippen molar-refractivity contribution in [3.8, 4) is 11.4 Å². The number of aromatic amines is 1. The highest BCUT2D eigenvalue weighted by atomic mass is 16.1. The normalized spacial score (nSPS) is 11.9. The minimum Gasteiger partial charge on any atom is -0.354 e. The van der Waals surface area contributed by atoms with Crippen LogP contribution in [-0.2, 0) is 5.41 Å². The first-order chi connectivity index (χ1) is 16.9. The molecule has 0 saturated heterocycles. The van der Waals surface area contributed by atoms with Gasteiger partial charge in [-0.15, -0.1) is 0 Å². The van der Waals surface area contributed by atoms with Gasteiger partial charge in [0.05, 0.1) is 0 Å². The fourth-order valence-corrected chi connectivity index (χ4v) is 4.44. The third-order valence-electron chi connectivity index (χ3n) is 6.68. The average molecular weight is 480 g/mol. The highest BCUT2D eigenvalue weighted by Crippen LogP contribution is 2.25. The molecular formula is C29H45N5O. The summed E-state index contributed by atoms with van der Waals surface area (Å²) in [6, 6.07) is 9.90. The van der Waals surface area contributed by atoms with Gasteiger partial charge in [-0.25, -0.2) is 9.50 Å². The van der Waals surface area contributed by atoms with Gasteiger partial charge in [-0.2, -0.15) is 4.98 Å². The van der Waals surface area contributed by atoms with Crippen LogP contribution in [0.4, 0.5) is 5.95 Å². The Bertz CT molecular complexity index is 1080. The maximum absolute atomic E-state index is 12.0. The first-order valence-electron chi connectivity index (χ1n) is 13.7. The van der Waals surface area contributed by atoms with Crippen molar-refractivity contribution in [2.24, 2.45) is 0 Å². The van der Waals surface area contributed by atoms with E-state index in [1.165, 1.54) is 82.3 Å². The van der Waals surface area contributed by atoms with E-state index in [9.17, 15) is 4.79 Å². The smallest absolute Gasteiger partial charge is 0.266 e. The van der Waals surface area contributed by atoms with Crippen LogP contribution in [0, 0.1) is 0 Å². The fourth-order valence-electron chi connectivity index (χ4n) is 4.44. The van der Waals surface area contributed by atoms with Crippen molar-refractivity contribution < 1.29 is 0 Å². The van der Waals surface area contributed by atoms with Crippen LogP contribution in [0.3, 0.4) is 0 Å². The number of unbranched alkanes of at least 4 members (excludes halogenated alkanes) is 11. The summed E-state index contributed by atoms with van der Waals surface area (Å²) in [6.07, 6.45) is 16.0. The van der Waals surface area contributed by atoms with E-state index in [1.807, 2.05) is 0 Å². The molecular weight excluding hydrogens is 434 g/mol. The quantitative estimate of drug-likeness (QED) is 0.221. The molecule has 0 aliphatic heterocycles. The summed E-state index contributed by atoms with van der Waals surface area (Å²) >= 11 is 0. The molecule has 192 valence electrons. The van der Waals surface area contributed by atoms with Gasteiger partial charge in [-0.05, 0) is 17.4 Å². The second-order valence-electron chi connectivity index (χ2n) is 10.8. The predicted octanol–water partition coefficient (Wildman–Crippen LogP) is 7.50. The summed E-state index contributed by atoms with van der Waals surface area (Å²) in [7, 11) is 0. The van der Waals surface area contributed by atoms with Gasteiger partial charge in [0, 0.05) is 18.2 Å². The number of hydrogen-bond donors (Lipinski definition) is 2. The second-order valence-corrected chi connectivity index (χ2v) is 10.8. The summed E-state index contributed by atoms with van der Waals surface area (Å²) in [5.41, 5.74) is 2.72. The van der Waals surface area contributed by atoms with Gasteiger partial charge in [0.1, 0.15) is 0 Å². The summed E-state index contributed by atoms with van der Waals surface area (Å²) < 4.78 is 1.65. The number of anilines is 1. The number of nitrogens with zero attached hydrogens (tertiary/aromatic N) is 3. The SMILES string of the molecule is CCCCCCCCCCCCCCNc1nc(-c2ccc(C(C)(C)C)cc2)nc2cc(=O)[nH]n12. The van der Waals surface area contributed by atoms with E-state index < -0.39 is 0 Å². The van der Waals surface area contributed by atoms with Gasteiger partial charge in [0.2, 0.25) is 5.95 Å². The largest absolute Gasteiger partial charge is 0.354 e. The Morgan fingerprint density at radius 3 is 1.97 bits per heavy atom. The van der Waals surface area contributed by atoms with E-state index in [-0.39, 0.29) is 11.0 Å². The lowest BCUT2D eigenvalue weighted by Crippen LogP contribution is -2.12. The van der Waals surface area contributed by atoms with E-state index in [2.05, 4.69) is 67.4 Å². The van der Waals surface area contributed by atoms with Crippen molar-refractivity contribution in [3.63, 3.8) is 0 Å². The Balaban J connectivity index is 1.47. The molecule has 0 unspecified atom stereocenters. The summed E-state index contributed by atoms with van der Waals surface area (Å²) in [6.45, 7) is 9.71. The Labute approximate surface area is 211 Å². The van der Waals surface area contributed by atoms with Crippen LogP contribution in [0.25, 0.3) is 17.0 Å². The maximum atomic E-state index is 12.0. The molecule has 0 amide bonds. The van der Waals surface area contributed by atoms with Crippen LogP contribution in [-0.4, -0.2) is 26.1 Å². The molecule has 6 nitrogen and oxygen atoms in total. The average Bonchev–Trinajstić information content (AvgIpc) is 3.21. The molecule has 0 aliphatic rings. The number of nitrogens with one attached hydrogen (secondary N) is 2. The van der Waals surface area contributed by atoms with Gasteiger partial charge in [-0.3, -0.25) is 9.89 Å². The molecule has 0 spiro atoms. The van der Waals surface area contributed by atoms with Gasteiger partial charge in [-0.1, -0.05) is 123 Å². The monoisotopic (exact) mass is 479 g/mol. The third-order valence-corrected chi connectivity index (χ3v) is 6.68. The molecule has 3 aromatic rings. The van der Waals surface area contributed by atoms with Gasteiger partial charge in [0.25, 0.3) is 5.56 Å². The second kappa shape index (κ2) is 13.5. The topological polar surface area (TPSA) is 75.1 Å². The zero-order chi connectivity index (χ0) is 25.1.